The second-order valence-corrected chi connectivity index (χ2v) is 5.11. The number of phenolic OH excluding ortho intramolecular Hbond substituents is 1. The van der Waals surface area contributed by atoms with Crippen molar-refractivity contribution in [1.82, 2.24) is 5.43 Å². The van der Waals surface area contributed by atoms with Crippen LogP contribution in [0.15, 0.2) is 29.4 Å². The van der Waals surface area contributed by atoms with E-state index in [2.05, 4.69) is 10.5 Å². The Morgan fingerprint density at radius 3 is 2.45 bits per heavy atom. The molecule has 1 amide bonds. The molecule has 0 radical (unpaired) electrons. The van der Waals surface area contributed by atoms with Gasteiger partial charge in [-0.05, 0) is 24.3 Å². The van der Waals surface area contributed by atoms with Crippen LogP contribution in [0.25, 0.3) is 0 Å². The van der Waals surface area contributed by atoms with Crippen LogP contribution in [0.5, 0.6) is 17.2 Å². The van der Waals surface area contributed by atoms with Gasteiger partial charge < -0.3 is 14.6 Å². The molecule has 0 atom stereocenters. The zero-order chi connectivity index (χ0) is 16.1. The summed E-state index contributed by atoms with van der Waals surface area (Å²) < 4.78 is 22.8. The van der Waals surface area contributed by atoms with Gasteiger partial charge in [-0.25, -0.2) is 5.43 Å². The number of nitrogens with zero attached hydrogens (tertiary/aromatic N) is 1. The highest BCUT2D eigenvalue weighted by atomic mass is 32.1. The third-order valence-corrected chi connectivity index (χ3v) is 3.55. The Morgan fingerprint density at radius 2 is 1.95 bits per heavy atom. The number of aromatic hydroxyl groups is 1. The summed E-state index contributed by atoms with van der Waals surface area (Å²) in [6.07, 6.45) is 1.35. The number of benzene rings is 1. The molecule has 8 heteroatoms. The molecular weight excluding hydrogens is 311 g/mol. The van der Waals surface area contributed by atoms with Crippen molar-refractivity contribution in [2.75, 3.05) is 14.2 Å². The lowest BCUT2D eigenvalue weighted by Gasteiger charge is -2.09. The largest absolute Gasteiger partial charge is 0.502 e. The molecule has 1 aromatic carbocycles. The number of carbonyl (C=O) groups excluding carboxylic acids is 1. The first-order valence-electron chi connectivity index (χ1n) is 6.09. The average Bonchev–Trinajstić information content (AvgIpc) is 2.95. The molecule has 2 rings (SSSR count). The molecule has 2 N–H and O–H groups in total. The molecule has 1 heterocycles. The van der Waals surface area contributed by atoms with Crippen molar-refractivity contribution in [3.63, 3.8) is 0 Å². The fourth-order valence-corrected chi connectivity index (χ4v) is 2.27. The molecule has 0 aliphatic carbocycles. The minimum atomic E-state index is -0.511. The second-order valence-electron chi connectivity index (χ2n) is 4.08. The van der Waals surface area contributed by atoms with E-state index in [0.717, 1.165) is 11.3 Å². The molecule has 6 nitrogen and oxygen atoms in total. The molecule has 116 valence electrons. The van der Waals surface area contributed by atoms with E-state index in [1.165, 1.54) is 44.7 Å². The predicted octanol–water partition coefficient (Wildman–Crippen LogP) is 2.37. The van der Waals surface area contributed by atoms with Crippen molar-refractivity contribution in [3.8, 4) is 17.2 Å². The van der Waals surface area contributed by atoms with Crippen molar-refractivity contribution in [2.45, 2.75) is 0 Å². The predicted molar refractivity (Wildman–Crippen MR) is 80.5 cm³/mol. The van der Waals surface area contributed by atoms with Crippen LogP contribution in [0.2, 0.25) is 0 Å². The summed E-state index contributed by atoms with van der Waals surface area (Å²) in [5.74, 6) is -0.206. The SMILES string of the molecule is COc1cc(C=NNC(=O)c2ccc(F)s2)cc(OC)c1O. The first kappa shape index (κ1) is 15.8. The zero-order valence-corrected chi connectivity index (χ0v) is 12.6. The van der Waals surface area contributed by atoms with Gasteiger partial charge in [0.25, 0.3) is 5.91 Å². The highest BCUT2D eigenvalue weighted by Gasteiger charge is 2.11. The van der Waals surface area contributed by atoms with Crippen LogP contribution in [0.4, 0.5) is 4.39 Å². The first-order valence-corrected chi connectivity index (χ1v) is 6.90. The maximum Gasteiger partial charge on any atom is 0.281 e. The second kappa shape index (κ2) is 6.90. The quantitative estimate of drug-likeness (QED) is 0.654. The molecule has 2 aromatic rings. The molecule has 22 heavy (non-hydrogen) atoms. The van der Waals surface area contributed by atoms with E-state index < -0.39 is 11.0 Å². The fraction of sp³-hybridized carbons (Fsp3) is 0.143. The molecule has 0 spiro atoms. The number of amides is 1. The molecule has 0 unspecified atom stereocenters. The lowest BCUT2D eigenvalue weighted by Crippen LogP contribution is -2.16. The molecule has 0 fully saturated rings. The number of phenols is 1. The van der Waals surface area contributed by atoms with E-state index in [1.807, 2.05) is 0 Å². The average molecular weight is 324 g/mol. The number of ether oxygens (including phenoxy) is 2. The van der Waals surface area contributed by atoms with Gasteiger partial charge in [0.1, 0.15) is 0 Å². The molecule has 0 aliphatic rings. The molecule has 1 aromatic heterocycles. The van der Waals surface area contributed by atoms with E-state index in [0.29, 0.717) is 5.56 Å². The smallest absolute Gasteiger partial charge is 0.281 e. The number of thiophene rings is 1. The van der Waals surface area contributed by atoms with Gasteiger partial charge in [-0.3, -0.25) is 4.79 Å². The van der Waals surface area contributed by atoms with Crippen molar-refractivity contribution < 1.29 is 23.8 Å². The summed E-state index contributed by atoms with van der Waals surface area (Å²) in [4.78, 5) is 11.9. The van der Waals surface area contributed by atoms with Crippen LogP contribution in [0, 0.1) is 5.13 Å². The highest BCUT2D eigenvalue weighted by molar-refractivity contribution is 7.12. The Labute approximate surface area is 129 Å². The van der Waals surface area contributed by atoms with Gasteiger partial charge >= 0.3 is 0 Å². The van der Waals surface area contributed by atoms with Gasteiger partial charge in [0, 0.05) is 5.56 Å². The van der Waals surface area contributed by atoms with Crippen LogP contribution in [-0.2, 0) is 0 Å². The maximum atomic E-state index is 12.8. The summed E-state index contributed by atoms with van der Waals surface area (Å²) >= 11 is 0.731. The molecule has 0 saturated heterocycles. The Morgan fingerprint density at radius 1 is 1.32 bits per heavy atom. The molecule has 0 aliphatic heterocycles. The van der Waals surface area contributed by atoms with Gasteiger partial charge in [0.15, 0.2) is 16.6 Å². The van der Waals surface area contributed by atoms with Gasteiger partial charge in [-0.2, -0.15) is 9.49 Å². The summed E-state index contributed by atoms with van der Waals surface area (Å²) in [6.45, 7) is 0. The van der Waals surface area contributed by atoms with Crippen LogP contribution >= 0.6 is 11.3 Å². The minimum absolute atomic E-state index is 0.125. The summed E-state index contributed by atoms with van der Waals surface area (Å²) in [7, 11) is 2.81. The van der Waals surface area contributed by atoms with Crippen LogP contribution in [-0.4, -0.2) is 31.4 Å². The van der Waals surface area contributed by atoms with Gasteiger partial charge in [-0.1, -0.05) is 0 Å². The summed E-state index contributed by atoms with van der Waals surface area (Å²) in [5, 5.41) is 13.1. The number of hydrogen-bond acceptors (Lipinski definition) is 6. The van der Waals surface area contributed by atoms with E-state index in [-0.39, 0.29) is 22.1 Å². The lowest BCUT2D eigenvalue weighted by molar-refractivity contribution is 0.0959. The van der Waals surface area contributed by atoms with Crippen molar-refractivity contribution in [3.05, 3.63) is 39.8 Å². The van der Waals surface area contributed by atoms with Crippen molar-refractivity contribution in [1.29, 1.82) is 0 Å². The van der Waals surface area contributed by atoms with Crippen LogP contribution < -0.4 is 14.9 Å². The van der Waals surface area contributed by atoms with E-state index >= 15 is 0 Å². The monoisotopic (exact) mass is 324 g/mol. The maximum absolute atomic E-state index is 12.8. The van der Waals surface area contributed by atoms with Crippen molar-refractivity contribution in [2.24, 2.45) is 5.10 Å². The Hall–Kier alpha value is -2.61. The number of halogens is 1. The Bertz CT molecular complexity index is 690. The van der Waals surface area contributed by atoms with Crippen LogP contribution in [0.3, 0.4) is 0 Å². The van der Waals surface area contributed by atoms with E-state index in [1.54, 1.807) is 0 Å². The standard InChI is InChI=1S/C14H13FN2O4S/c1-20-9-5-8(6-10(21-2)13(9)18)7-16-17-14(19)11-3-4-12(15)22-11/h3-7,18H,1-2H3,(H,17,19). The number of hydrogen-bond donors (Lipinski definition) is 2. The van der Waals surface area contributed by atoms with Gasteiger partial charge in [-0.15, -0.1) is 11.3 Å². The minimum Gasteiger partial charge on any atom is -0.502 e. The summed E-state index contributed by atoms with van der Waals surface area (Å²) in [5.41, 5.74) is 2.83. The third-order valence-electron chi connectivity index (χ3n) is 2.68. The third kappa shape index (κ3) is 3.53. The first-order chi connectivity index (χ1) is 10.5. The number of rotatable bonds is 5. The van der Waals surface area contributed by atoms with Crippen LogP contribution in [0.1, 0.15) is 15.2 Å². The number of methoxy groups -OCH3 is 2. The number of carbonyl (C=O) groups is 1. The normalized spacial score (nSPS) is 10.7. The number of hydrazone groups is 1. The Kier molecular flexibility index (Phi) is 4.95. The fourth-order valence-electron chi connectivity index (χ4n) is 1.65. The number of nitrogens with one attached hydrogen (secondary N) is 1. The molecular formula is C14H13FN2O4S. The topological polar surface area (TPSA) is 80.2 Å². The van der Waals surface area contributed by atoms with E-state index in [9.17, 15) is 14.3 Å². The Balaban J connectivity index is 2.11. The zero-order valence-electron chi connectivity index (χ0n) is 11.8. The molecule has 0 saturated carbocycles. The van der Waals surface area contributed by atoms with Gasteiger partial charge in [0.05, 0.1) is 25.3 Å². The van der Waals surface area contributed by atoms with Gasteiger partial charge in [0.2, 0.25) is 5.75 Å². The molecule has 0 bridgehead atoms. The lowest BCUT2D eigenvalue weighted by atomic mass is 10.2. The highest BCUT2D eigenvalue weighted by Crippen LogP contribution is 2.36. The summed E-state index contributed by atoms with van der Waals surface area (Å²) in [6, 6.07) is 5.63. The van der Waals surface area contributed by atoms with E-state index in [4.69, 9.17) is 9.47 Å². The van der Waals surface area contributed by atoms with Crippen molar-refractivity contribution >= 4 is 23.5 Å².